The molecule has 0 saturated heterocycles. The molecule has 0 saturated carbocycles. The first-order chi connectivity index (χ1) is 30.7. The van der Waals surface area contributed by atoms with E-state index in [4.69, 9.17) is 18.8 Å². The summed E-state index contributed by atoms with van der Waals surface area (Å²) in [6, 6.07) is 70.6. The van der Waals surface area contributed by atoms with E-state index >= 15 is 0 Å². The molecular formula is C58H34N2O2. The van der Waals surface area contributed by atoms with Gasteiger partial charge in [0, 0.05) is 49.0 Å². The van der Waals surface area contributed by atoms with E-state index < -0.39 is 0 Å². The summed E-state index contributed by atoms with van der Waals surface area (Å²) in [5.74, 6) is 0. The van der Waals surface area contributed by atoms with Crippen LogP contribution in [0.15, 0.2) is 215 Å². The number of furan rings is 2. The van der Waals surface area contributed by atoms with Gasteiger partial charge in [-0.3, -0.25) is 4.98 Å². The van der Waals surface area contributed by atoms with Gasteiger partial charge in [-0.25, -0.2) is 4.98 Å². The third kappa shape index (κ3) is 5.40. The van der Waals surface area contributed by atoms with Crippen LogP contribution in [0.4, 0.5) is 0 Å². The van der Waals surface area contributed by atoms with Crippen molar-refractivity contribution >= 4 is 76.5 Å². The maximum Gasteiger partial charge on any atom is 0.143 e. The topological polar surface area (TPSA) is 52.1 Å². The van der Waals surface area contributed by atoms with Crippen LogP contribution in [0.1, 0.15) is 0 Å². The molecule has 0 N–H and O–H groups in total. The predicted molar refractivity (Wildman–Crippen MR) is 256 cm³/mol. The molecule has 0 spiro atoms. The monoisotopic (exact) mass is 790 g/mol. The molecule has 0 radical (unpaired) electrons. The van der Waals surface area contributed by atoms with Crippen molar-refractivity contribution in [2.24, 2.45) is 0 Å². The van der Waals surface area contributed by atoms with Crippen LogP contribution in [0.3, 0.4) is 0 Å². The van der Waals surface area contributed by atoms with Gasteiger partial charge in [-0.1, -0.05) is 158 Å². The zero-order chi connectivity index (χ0) is 40.7. The van der Waals surface area contributed by atoms with Crippen LogP contribution in [0.2, 0.25) is 0 Å². The molecule has 62 heavy (non-hydrogen) atoms. The summed E-state index contributed by atoms with van der Waals surface area (Å²) < 4.78 is 13.2. The molecule has 0 aliphatic carbocycles. The van der Waals surface area contributed by atoms with Gasteiger partial charge in [0.2, 0.25) is 0 Å². The summed E-state index contributed by atoms with van der Waals surface area (Å²) >= 11 is 0. The van der Waals surface area contributed by atoms with Gasteiger partial charge in [-0.2, -0.15) is 0 Å². The minimum absolute atomic E-state index is 0.780. The molecule has 288 valence electrons. The molecule has 10 aromatic carbocycles. The smallest absolute Gasteiger partial charge is 0.143 e. The van der Waals surface area contributed by atoms with Crippen molar-refractivity contribution in [2.75, 3.05) is 0 Å². The lowest BCUT2D eigenvalue weighted by atomic mass is 9.92. The Bertz CT molecular complexity index is 3790. The van der Waals surface area contributed by atoms with Crippen LogP contribution in [-0.2, 0) is 0 Å². The van der Waals surface area contributed by atoms with Gasteiger partial charge >= 0.3 is 0 Å². The Morgan fingerprint density at radius 3 is 1.31 bits per heavy atom. The minimum Gasteiger partial charge on any atom is -0.455 e. The summed E-state index contributed by atoms with van der Waals surface area (Å²) in [4.78, 5) is 10.8. The summed E-state index contributed by atoms with van der Waals surface area (Å²) in [5.41, 5.74) is 15.6. The number of hydrogen-bond donors (Lipinski definition) is 0. The second-order valence-corrected chi connectivity index (χ2v) is 16.1. The maximum absolute atomic E-state index is 6.62. The first-order valence-corrected chi connectivity index (χ1v) is 21.0. The average Bonchev–Trinajstić information content (AvgIpc) is 3.93. The number of rotatable bonds is 5. The van der Waals surface area contributed by atoms with Crippen molar-refractivity contribution in [3.63, 3.8) is 0 Å². The molecule has 3 heterocycles. The van der Waals surface area contributed by atoms with Crippen molar-refractivity contribution in [3.8, 4) is 55.8 Å². The SMILES string of the molecule is c1ccc(-c2ccc3c(c2)c2cc(-c4ccccc4)ccc2c2nc(-c4cc(-c5cccc6c5oc5ccccc56)cc(-c5cccc6c5oc5ccccc56)c4)cnc32)cc1. The number of hydrogen-bond acceptors (Lipinski definition) is 4. The molecule has 0 aliphatic heterocycles. The molecule has 0 atom stereocenters. The van der Waals surface area contributed by atoms with Crippen molar-refractivity contribution in [2.45, 2.75) is 0 Å². The van der Waals surface area contributed by atoms with E-state index in [1.165, 1.54) is 11.1 Å². The van der Waals surface area contributed by atoms with Crippen LogP contribution in [-0.4, -0.2) is 9.97 Å². The number of benzene rings is 10. The fourth-order valence-corrected chi connectivity index (χ4v) is 9.52. The van der Waals surface area contributed by atoms with Gasteiger partial charge in [0.15, 0.2) is 0 Å². The van der Waals surface area contributed by atoms with E-state index in [0.717, 1.165) is 121 Å². The molecule has 0 amide bonds. The third-order valence-corrected chi connectivity index (χ3v) is 12.5. The standard InChI is InChI=1S/C58H34N2O2/c1-3-13-35(14-4-1)37-25-27-46-50(32-37)51-33-38(36-15-5-2-6-16-36)26-28-47(51)56-55(46)59-34-52(60-56)41-30-39(42-19-11-21-48-44-17-7-9-23-53(44)61-57(42)48)29-40(31-41)43-20-12-22-49-45-18-8-10-24-54(45)62-58(43)49/h1-34H. The van der Waals surface area contributed by atoms with Gasteiger partial charge in [0.1, 0.15) is 22.3 Å². The molecule has 13 rings (SSSR count). The molecular weight excluding hydrogens is 757 g/mol. The van der Waals surface area contributed by atoms with Gasteiger partial charge in [0.25, 0.3) is 0 Å². The molecule has 3 aromatic heterocycles. The van der Waals surface area contributed by atoms with E-state index in [9.17, 15) is 0 Å². The lowest BCUT2D eigenvalue weighted by Gasteiger charge is -2.15. The second kappa shape index (κ2) is 13.6. The average molecular weight is 791 g/mol. The largest absolute Gasteiger partial charge is 0.455 e. The van der Waals surface area contributed by atoms with E-state index in [1.807, 2.05) is 30.5 Å². The molecule has 0 unspecified atom stereocenters. The van der Waals surface area contributed by atoms with Gasteiger partial charge in [0.05, 0.1) is 22.9 Å². The number of para-hydroxylation sites is 4. The number of aromatic nitrogens is 2. The molecule has 13 aromatic rings. The van der Waals surface area contributed by atoms with Gasteiger partial charge in [-0.05, 0) is 86.6 Å². The van der Waals surface area contributed by atoms with Gasteiger partial charge < -0.3 is 8.83 Å². The summed E-state index contributed by atoms with van der Waals surface area (Å²) in [5, 5.41) is 8.77. The van der Waals surface area contributed by atoms with E-state index in [-0.39, 0.29) is 0 Å². The normalized spacial score (nSPS) is 11.9. The highest BCUT2D eigenvalue weighted by Crippen LogP contribution is 2.43. The van der Waals surface area contributed by atoms with E-state index in [1.54, 1.807) is 0 Å². The fourth-order valence-electron chi connectivity index (χ4n) is 9.52. The number of fused-ring (bicyclic) bond motifs is 12. The zero-order valence-corrected chi connectivity index (χ0v) is 33.3. The van der Waals surface area contributed by atoms with Crippen LogP contribution in [0.5, 0.6) is 0 Å². The lowest BCUT2D eigenvalue weighted by Crippen LogP contribution is -1.94. The predicted octanol–water partition coefficient (Wildman–Crippen LogP) is 16.1. The Morgan fingerprint density at radius 2 is 0.758 bits per heavy atom. The molecule has 0 fully saturated rings. The quantitative estimate of drug-likeness (QED) is 0.163. The van der Waals surface area contributed by atoms with Crippen LogP contribution >= 0.6 is 0 Å². The highest BCUT2D eigenvalue weighted by molar-refractivity contribution is 6.24. The van der Waals surface area contributed by atoms with Crippen LogP contribution < -0.4 is 0 Å². The van der Waals surface area contributed by atoms with Crippen LogP contribution in [0, 0.1) is 0 Å². The Labute approximate surface area is 356 Å². The van der Waals surface area contributed by atoms with Gasteiger partial charge in [-0.15, -0.1) is 0 Å². The van der Waals surface area contributed by atoms with Crippen molar-refractivity contribution in [1.29, 1.82) is 0 Å². The lowest BCUT2D eigenvalue weighted by molar-refractivity contribution is 0.670. The third-order valence-electron chi connectivity index (χ3n) is 12.5. The molecule has 0 aliphatic rings. The molecule has 4 nitrogen and oxygen atoms in total. The van der Waals surface area contributed by atoms with Crippen molar-refractivity contribution < 1.29 is 8.83 Å². The first kappa shape index (κ1) is 34.5. The Balaban J connectivity index is 1.07. The summed E-state index contributed by atoms with van der Waals surface area (Å²) in [7, 11) is 0. The van der Waals surface area contributed by atoms with Crippen molar-refractivity contribution in [1.82, 2.24) is 9.97 Å². The second-order valence-electron chi connectivity index (χ2n) is 16.1. The summed E-state index contributed by atoms with van der Waals surface area (Å²) in [6.45, 7) is 0. The van der Waals surface area contributed by atoms with E-state index in [0.29, 0.717) is 0 Å². The Kier molecular flexibility index (Phi) is 7.57. The maximum atomic E-state index is 6.62. The zero-order valence-electron chi connectivity index (χ0n) is 33.3. The minimum atomic E-state index is 0.780. The Morgan fingerprint density at radius 1 is 0.290 bits per heavy atom. The Hall–Kier alpha value is -8.34. The number of nitrogens with zero attached hydrogens (tertiary/aromatic N) is 2. The fraction of sp³-hybridized carbons (Fsp3) is 0. The molecule has 4 heteroatoms. The summed E-state index contributed by atoms with van der Waals surface area (Å²) in [6.07, 6.45) is 1.93. The first-order valence-electron chi connectivity index (χ1n) is 21.0. The van der Waals surface area contributed by atoms with E-state index in [2.05, 4.69) is 176 Å². The van der Waals surface area contributed by atoms with Crippen LogP contribution in [0.25, 0.3) is 132 Å². The highest BCUT2D eigenvalue weighted by Gasteiger charge is 2.20. The van der Waals surface area contributed by atoms with Crippen molar-refractivity contribution in [3.05, 3.63) is 206 Å². The highest BCUT2D eigenvalue weighted by atomic mass is 16.3. The molecule has 0 bridgehead atoms.